The van der Waals surface area contributed by atoms with Gasteiger partial charge in [-0.3, -0.25) is 9.59 Å². The summed E-state index contributed by atoms with van der Waals surface area (Å²) in [5, 5.41) is 2.68. The maximum Gasteiger partial charge on any atom is 0.407 e. The molecule has 0 aliphatic heterocycles. The van der Waals surface area contributed by atoms with Crippen LogP contribution in [0.1, 0.15) is 45.7 Å². The second-order valence-corrected chi connectivity index (χ2v) is 6.93. The van der Waals surface area contributed by atoms with Crippen LogP contribution in [0.4, 0.5) is 4.79 Å². The molecule has 0 unspecified atom stereocenters. The molecule has 0 fully saturated rings. The molecular weight excluding hydrogens is 350 g/mol. The molecule has 0 spiro atoms. The van der Waals surface area contributed by atoms with E-state index in [0.717, 1.165) is 11.1 Å². The van der Waals surface area contributed by atoms with Crippen molar-refractivity contribution in [2.75, 3.05) is 13.2 Å². The van der Waals surface area contributed by atoms with Crippen molar-refractivity contribution >= 4 is 18.0 Å². The summed E-state index contributed by atoms with van der Waals surface area (Å²) in [7, 11) is 0. The molecule has 0 aliphatic carbocycles. The molecule has 0 radical (unpaired) electrons. The Hall–Kier alpha value is -2.57. The van der Waals surface area contributed by atoms with Gasteiger partial charge in [0.2, 0.25) is 0 Å². The van der Waals surface area contributed by atoms with Crippen LogP contribution in [0, 0.1) is 5.92 Å². The number of nitrogens with one attached hydrogen (secondary N) is 1. The predicted molar refractivity (Wildman–Crippen MR) is 100.0 cm³/mol. The Morgan fingerprint density at radius 1 is 0.926 bits per heavy atom. The molecule has 150 valence electrons. The SMILES string of the molecule is CCOC(=O)C(Cc1ccc(CNC(=O)OC(C)(C)C)cc1)C(=O)OCC. The third-order valence-electron chi connectivity index (χ3n) is 3.44. The highest BCUT2D eigenvalue weighted by atomic mass is 16.6. The minimum atomic E-state index is -0.990. The number of benzene rings is 1. The van der Waals surface area contributed by atoms with Gasteiger partial charge < -0.3 is 19.5 Å². The van der Waals surface area contributed by atoms with Crippen molar-refractivity contribution in [3.63, 3.8) is 0 Å². The van der Waals surface area contributed by atoms with Crippen molar-refractivity contribution in [3.05, 3.63) is 35.4 Å². The molecule has 0 heterocycles. The van der Waals surface area contributed by atoms with E-state index in [1.807, 2.05) is 12.1 Å². The average Bonchev–Trinajstić information content (AvgIpc) is 2.57. The highest BCUT2D eigenvalue weighted by Gasteiger charge is 2.29. The van der Waals surface area contributed by atoms with Crippen LogP contribution in [0.25, 0.3) is 0 Å². The fourth-order valence-corrected chi connectivity index (χ4v) is 2.27. The Morgan fingerprint density at radius 2 is 1.41 bits per heavy atom. The lowest BCUT2D eigenvalue weighted by Gasteiger charge is -2.19. The maximum absolute atomic E-state index is 12.0. The Kier molecular flexibility index (Phi) is 8.78. The van der Waals surface area contributed by atoms with E-state index in [0.29, 0.717) is 6.54 Å². The lowest BCUT2D eigenvalue weighted by Crippen LogP contribution is -2.32. The van der Waals surface area contributed by atoms with Gasteiger partial charge in [0.25, 0.3) is 0 Å². The van der Waals surface area contributed by atoms with Crippen molar-refractivity contribution in [1.29, 1.82) is 0 Å². The van der Waals surface area contributed by atoms with Crippen LogP contribution in [0.3, 0.4) is 0 Å². The van der Waals surface area contributed by atoms with Crippen LogP contribution in [0.15, 0.2) is 24.3 Å². The summed E-state index contributed by atoms with van der Waals surface area (Å²) in [6.07, 6.45) is -0.298. The third kappa shape index (κ3) is 8.57. The van der Waals surface area contributed by atoms with Gasteiger partial charge in [-0.15, -0.1) is 0 Å². The Balaban J connectivity index is 2.69. The van der Waals surface area contributed by atoms with Crippen LogP contribution >= 0.6 is 0 Å². The molecule has 0 saturated heterocycles. The molecule has 0 bridgehead atoms. The molecular formula is C20H29NO6. The number of carbonyl (C=O) groups excluding carboxylic acids is 3. The van der Waals surface area contributed by atoms with Crippen molar-refractivity contribution < 1.29 is 28.6 Å². The van der Waals surface area contributed by atoms with Gasteiger partial charge >= 0.3 is 18.0 Å². The number of ether oxygens (including phenoxy) is 3. The number of hydrogen-bond acceptors (Lipinski definition) is 6. The van der Waals surface area contributed by atoms with E-state index in [-0.39, 0.29) is 19.6 Å². The normalized spacial score (nSPS) is 11.0. The quantitative estimate of drug-likeness (QED) is 0.424. The summed E-state index contributed by atoms with van der Waals surface area (Å²) in [5.41, 5.74) is 1.11. The molecule has 1 N–H and O–H groups in total. The van der Waals surface area contributed by atoms with E-state index in [2.05, 4.69) is 5.32 Å². The van der Waals surface area contributed by atoms with Crippen molar-refractivity contribution in [1.82, 2.24) is 5.32 Å². The molecule has 7 nitrogen and oxygen atoms in total. The second kappa shape index (κ2) is 10.5. The molecule has 0 atom stereocenters. The Labute approximate surface area is 160 Å². The first kappa shape index (κ1) is 22.5. The zero-order chi connectivity index (χ0) is 20.4. The Morgan fingerprint density at radius 3 is 1.85 bits per heavy atom. The van der Waals surface area contributed by atoms with Gasteiger partial charge in [-0.25, -0.2) is 4.79 Å². The zero-order valence-electron chi connectivity index (χ0n) is 16.7. The van der Waals surface area contributed by atoms with Gasteiger partial charge in [0.05, 0.1) is 13.2 Å². The van der Waals surface area contributed by atoms with Crippen LogP contribution in [-0.2, 0) is 36.8 Å². The van der Waals surface area contributed by atoms with Crippen LogP contribution in [0.5, 0.6) is 0 Å². The standard InChI is InChI=1S/C20H29NO6/c1-6-25-17(22)16(18(23)26-7-2)12-14-8-10-15(11-9-14)13-21-19(24)27-20(3,4)5/h8-11,16H,6-7,12-13H2,1-5H3,(H,21,24). The smallest absolute Gasteiger partial charge is 0.407 e. The predicted octanol–water partition coefficient (Wildman–Crippen LogP) is 3.00. The molecule has 0 aromatic heterocycles. The number of rotatable bonds is 8. The number of alkyl carbamates (subject to hydrolysis) is 1. The third-order valence-corrected chi connectivity index (χ3v) is 3.44. The summed E-state index contributed by atoms with van der Waals surface area (Å²) < 4.78 is 15.1. The lowest BCUT2D eigenvalue weighted by atomic mass is 9.98. The first-order chi connectivity index (χ1) is 12.7. The van der Waals surface area contributed by atoms with Crippen molar-refractivity contribution in [2.24, 2.45) is 5.92 Å². The summed E-state index contributed by atoms with van der Waals surface area (Å²) in [4.78, 5) is 35.8. The molecule has 1 rings (SSSR count). The highest BCUT2D eigenvalue weighted by Crippen LogP contribution is 2.14. The van der Waals surface area contributed by atoms with Gasteiger partial charge in [-0.05, 0) is 52.2 Å². The monoisotopic (exact) mass is 379 g/mol. The van der Waals surface area contributed by atoms with E-state index < -0.39 is 29.6 Å². The molecule has 0 saturated carbocycles. The highest BCUT2D eigenvalue weighted by molar-refractivity contribution is 5.95. The molecule has 7 heteroatoms. The summed E-state index contributed by atoms with van der Waals surface area (Å²) in [6.45, 7) is 9.47. The topological polar surface area (TPSA) is 90.9 Å². The number of hydrogen-bond donors (Lipinski definition) is 1. The number of amides is 1. The molecule has 1 amide bonds. The van der Waals surface area contributed by atoms with Crippen molar-refractivity contribution in [3.8, 4) is 0 Å². The fraction of sp³-hybridized carbons (Fsp3) is 0.550. The van der Waals surface area contributed by atoms with Crippen LogP contribution in [0.2, 0.25) is 0 Å². The Bertz CT molecular complexity index is 615. The van der Waals surface area contributed by atoms with Crippen LogP contribution in [-0.4, -0.2) is 36.8 Å². The first-order valence-corrected chi connectivity index (χ1v) is 9.04. The molecule has 1 aromatic rings. The second-order valence-electron chi connectivity index (χ2n) is 6.93. The van der Waals surface area contributed by atoms with E-state index >= 15 is 0 Å². The molecule has 0 aliphatic rings. The van der Waals surface area contributed by atoms with Gasteiger partial charge in [-0.2, -0.15) is 0 Å². The first-order valence-electron chi connectivity index (χ1n) is 9.04. The van der Waals surface area contributed by atoms with Gasteiger partial charge in [0.1, 0.15) is 5.60 Å². The lowest BCUT2D eigenvalue weighted by molar-refractivity contribution is -0.161. The average molecular weight is 379 g/mol. The number of carbonyl (C=O) groups is 3. The minimum absolute atomic E-state index is 0.192. The van der Waals surface area contributed by atoms with Crippen molar-refractivity contribution in [2.45, 2.75) is 53.2 Å². The summed E-state index contributed by atoms with van der Waals surface area (Å²) >= 11 is 0. The van der Waals surface area contributed by atoms with Gasteiger partial charge in [0.15, 0.2) is 5.92 Å². The van der Waals surface area contributed by atoms with E-state index in [1.54, 1.807) is 46.8 Å². The number of esters is 2. The summed E-state index contributed by atoms with van der Waals surface area (Å²) in [5.74, 6) is -2.17. The van der Waals surface area contributed by atoms with Gasteiger partial charge in [-0.1, -0.05) is 24.3 Å². The van der Waals surface area contributed by atoms with E-state index in [4.69, 9.17) is 14.2 Å². The molecule has 27 heavy (non-hydrogen) atoms. The summed E-state index contributed by atoms with van der Waals surface area (Å²) in [6, 6.07) is 7.25. The minimum Gasteiger partial charge on any atom is -0.465 e. The van der Waals surface area contributed by atoms with E-state index in [9.17, 15) is 14.4 Å². The van der Waals surface area contributed by atoms with Crippen LogP contribution < -0.4 is 5.32 Å². The van der Waals surface area contributed by atoms with E-state index in [1.165, 1.54) is 0 Å². The fourth-order valence-electron chi connectivity index (χ4n) is 2.27. The van der Waals surface area contributed by atoms with Gasteiger partial charge in [0, 0.05) is 6.54 Å². The maximum atomic E-state index is 12.0. The molecule has 1 aromatic carbocycles. The largest absolute Gasteiger partial charge is 0.465 e. The zero-order valence-corrected chi connectivity index (χ0v) is 16.7.